The van der Waals surface area contributed by atoms with Gasteiger partial charge in [-0.05, 0) is 32.8 Å². The zero-order chi connectivity index (χ0) is 9.40. The lowest BCUT2D eigenvalue weighted by Crippen LogP contribution is -2.05. The van der Waals surface area contributed by atoms with Crippen LogP contribution in [0.5, 0.6) is 0 Å². The van der Waals surface area contributed by atoms with Crippen LogP contribution in [0.1, 0.15) is 40.0 Å². The van der Waals surface area contributed by atoms with Gasteiger partial charge in [0.2, 0.25) is 0 Å². The van der Waals surface area contributed by atoms with Gasteiger partial charge in [-0.15, -0.1) is 0 Å². The van der Waals surface area contributed by atoms with Crippen LogP contribution >= 0.6 is 0 Å². The highest BCUT2D eigenvalue weighted by molar-refractivity contribution is 5.22. The molecule has 0 unspecified atom stereocenters. The second-order valence-electron chi connectivity index (χ2n) is 3.05. The van der Waals surface area contributed by atoms with Crippen molar-refractivity contribution in [3.63, 3.8) is 0 Å². The Balaban J connectivity index is 4.17. The summed E-state index contributed by atoms with van der Waals surface area (Å²) in [5.41, 5.74) is 2.73. The van der Waals surface area contributed by atoms with Crippen LogP contribution in [0.15, 0.2) is 23.4 Å². The lowest BCUT2D eigenvalue weighted by atomic mass is 10.1. The van der Waals surface area contributed by atoms with Gasteiger partial charge in [-0.1, -0.05) is 25.0 Å². The van der Waals surface area contributed by atoms with Gasteiger partial charge in [-0.2, -0.15) is 0 Å². The van der Waals surface area contributed by atoms with Gasteiger partial charge in [-0.25, -0.2) is 0 Å². The molecule has 0 spiro atoms. The lowest BCUT2D eigenvalue weighted by Gasteiger charge is -2.06. The number of allylic oxidation sites excluding steroid dienone is 3. The second kappa shape index (κ2) is 6.96. The summed E-state index contributed by atoms with van der Waals surface area (Å²) in [6, 6.07) is 0. The molecule has 0 atom stereocenters. The molecule has 0 heterocycles. The molecule has 0 aliphatic heterocycles. The molecule has 1 heteroatoms. The van der Waals surface area contributed by atoms with Crippen molar-refractivity contribution in [2.24, 2.45) is 0 Å². The summed E-state index contributed by atoms with van der Waals surface area (Å²) in [6.45, 7) is 6.47. The molecule has 0 aliphatic rings. The molecule has 70 valence electrons. The van der Waals surface area contributed by atoms with E-state index in [-0.39, 0.29) is 0 Å². The molecule has 0 rings (SSSR count). The highest BCUT2D eigenvalue weighted by Crippen LogP contribution is 2.10. The van der Waals surface area contributed by atoms with E-state index in [1.54, 1.807) is 0 Å². The number of unbranched alkanes of at least 4 members (excludes halogenated alkanes) is 1. The van der Waals surface area contributed by atoms with E-state index in [9.17, 15) is 0 Å². The van der Waals surface area contributed by atoms with Gasteiger partial charge in [-0.3, -0.25) is 0 Å². The maximum Gasteiger partial charge on any atom is 0.0323 e. The number of hydrogen-bond donors (Lipinski definition) is 1. The van der Waals surface area contributed by atoms with Gasteiger partial charge in [0, 0.05) is 12.7 Å². The number of rotatable bonds is 5. The smallest absolute Gasteiger partial charge is 0.0323 e. The Bertz CT molecular complexity index is 166. The molecule has 1 nitrogen and oxygen atoms in total. The van der Waals surface area contributed by atoms with Gasteiger partial charge >= 0.3 is 0 Å². The van der Waals surface area contributed by atoms with E-state index < -0.39 is 0 Å². The standard InChI is InChI=1S/C11H21N/c1-5-7-9-10(3)11(12-4)8-6-2/h6,8,12H,5,7,9H2,1-4H3/b8-6-,11-10+. The first-order chi connectivity index (χ1) is 5.76. The van der Waals surface area contributed by atoms with E-state index in [0.29, 0.717) is 0 Å². The molecule has 0 bridgehead atoms. The van der Waals surface area contributed by atoms with E-state index in [0.717, 1.165) is 0 Å². The summed E-state index contributed by atoms with van der Waals surface area (Å²) in [5, 5.41) is 3.20. The third-order valence-electron chi connectivity index (χ3n) is 1.97. The van der Waals surface area contributed by atoms with Crippen LogP contribution in [0.2, 0.25) is 0 Å². The Morgan fingerprint density at radius 2 is 2.08 bits per heavy atom. The Labute approximate surface area is 76.6 Å². The fraction of sp³-hybridized carbons (Fsp3) is 0.636. The highest BCUT2D eigenvalue weighted by atomic mass is 14.8. The van der Waals surface area contributed by atoms with Crippen LogP contribution in [0.3, 0.4) is 0 Å². The Kier molecular flexibility index (Phi) is 6.54. The first-order valence-corrected chi connectivity index (χ1v) is 4.76. The van der Waals surface area contributed by atoms with Crippen molar-refractivity contribution in [1.29, 1.82) is 0 Å². The van der Waals surface area contributed by atoms with Gasteiger partial charge in [0.05, 0.1) is 0 Å². The predicted octanol–water partition coefficient (Wildman–Crippen LogP) is 3.25. The fourth-order valence-electron chi connectivity index (χ4n) is 1.18. The van der Waals surface area contributed by atoms with E-state index >= 15 is 0 Å². The van der Waals surface area contributed by atoms with Gasteiger partial charge in [0.15, 0.2) is 0 Å². The molecule has 0 aromatic heterocycles. The molecule has 0 saturated carbocycles. The minimum atomic E-state index is 1.21. The van der Waals surface area contributed by atoms with E-state index in [1.807, 2.05) is 14.0 Å². The summed E-state index contributed by atoms with van der Waals surface area (Å²) in [7, 11) is 1.98. The molecule has 0 amide bonds. The average Bonchev–Trinajstić information content (AvgIpc) is 2.10. The van der Waals surface area contributed by atoms with E-state index in [4.69, 9.17) is 0 Å². The Morgan fingerprint density at radius 3 is 2.50 bits per heavy atom. The number of hydrogen-bond acceptors (Lipinski definition) is 1. The zero-order valence-corrected chi connectivity index (χ0v) is 8.78. The molecule has 0 radical (unpaired) electrons. The Hall–Kier alpha value is -0.720. The summed E-state index contributed by atoms with van der Waals surface area (Å²) in [4.78, 5) is 0. The summed E-state index contributed by atoms with van der Waals surface area (Å²) >= 11 is 0. The monoisotopic (exact) mass is 167 g/mol. The third kappa shape index (κ3) is 4.22. The largest absolute Gasteiger partial charge is 0.388 e. The van der Waals surface area contributed by atoms with Crippen LogP contribution in [0.25, 0.3) is 0 Å². The highest BCUT2D eigenvalue weighted by Gasteiger charge is 1.95. The first kappa shape index (κ1) is 11.3. The van der Waals surface area contributed by atoms with Crippen LogP contribution in [0, 0.1) is 0 Å². The second-order valence-corrected chi connectivity index (χ2v) is 3.05. The van der Waals surface area contributed by atoms with Crippen molar-refractivity contribution in [2.45, 2.75) is 40.0 Å². The molecule has 0 aromatic rings. The first-order valence-electron chi connectivity index (χ1n) is 4.76. The molecule has 0 aliphatic carbocycles. The van der Waals surface area contributed by atoms with E-state index in [2.05, 4.69) is 31.3 Å². The summed E-state index contributed by atoms with van der Waals surface area (Å²) in [5.74, 6) is 0. The quantitative estimate of drug-likeness (QED) is 0.620. The van der Waals surface area contributed by atoms with Crippen molar-refractivity contribution in [3.8, 4) is 0 Å². The lowest BCUT2D eigenvalue weighted by molar-refractivity contribution is 0.774. The summed E-state index contributed by atoms with van der Waals surface area (Å²) < 4.78 is 0. The third-order valence-corrected chi connectivity index (χ3v) is 1.97. The molecule has 1 N–H and O–H groups in total. The van der Waals surface area contributed by atoms with Gasteiger partial charge in [0.1, 0.15) is 0 Å². The molecule has 0 fully saturated rings. The topological polar surface area (TPSA) is 12.0 Å². The van der Waals surface area contributed by atoms with Crippen molar-refractivity contribution < 1.29 is 0 Å². The minimum Gasteiger partial charge on any atom is -0.388 e. The molecule has 0 saturated heterocycles. The SMILES string of the molecule is C/C=C\C(NC)=C(\C)CCCC. The molecule has 0 aromatic carbocycles. The van der Waals surface area contributed by atoms with Crippen LogP contribution in [-0.2, 0) is 0 Å². The predicted molar refractivity (Wildman–Crippen MR) is 56.1 cm³/mol. The number of likely N-dealkylation sites (N-methyl/N-ethyl adjacent to an activating group) is 1. The Morgan fingerprint density at radius 1 is 1.42 bits per heavy atom. The van der Waals surface area contributed by atoms with Crippen molar-refractivity contribution in [1.82, 2.24) is 5.32 Å². The van der Waals surface area contributed by atoms with Crippen LogP contribution in [-0.4, -0.2) is 7.05 Å². The maximum absolute atomic E-state index is 3.20. The van der Waals surface area contributed by atoms with Crippen LogP contribution in [0.4, 0.5) is 0 Å². The van der Waals surface area contributed by atoms with Gasteiger partial charge in [0.25, 0.3) is 0 Å². The van der Waals surface area contributed by atoms with Gasteiger partial charge < -0.3 is 5.32 Å². The fourth-order valence-corrected chi connectivity index (χ4v) is 1.18. The summed E-state index contributed by atoms with van der Waals surface area (Å²) in [6.07, 6.45) is 7.96. The van der Waals surface area contributed by atoms with Crippen molar-refractivity contribution in [2.75, 3.05) is 7.05 Å². The normalized spacial score (nSPS) is 13.3. The maximum atomic E-state index is 3.20. The minimum absolute atomic E-state index is 1.21. The molecular formula is C11H21N. The van der Waals surface area contributed by atoms with Crippen LogP contribution < -0.4 is 5.32 Å². The van der Waals surface area contributed by atoms with Crippen molar-refractivity contribution in [3.05, 3.63) is 23.4 Å². The molecular weight excluding hydrogens is 146 g/mol. The zero-order valence-electron chi connectivity index (χ0n) is 8.78. The van der Waals surface area contributed by atoms with Crippen molar-refractivity contribution >= 4 is 0 Å². The number of nitrogens with one attached hydrogen (secondary N) is 1. The average molecular weight is 167 g/mol. The van der Waals surface area contributed by atoms with E-state index in [1.165, 1.54) is 30.5 Å². The molecule has 12 heavy (non-hydrogen) atoms.